The quantitative estimate of drug-likeness (QED) is 0.472. The minimum atomic E-state index is -0.403. The number of carbonyl (C=O) groups is 1. The Bertz CT molecular complexity index is 690. The lowest BCUT2D eigenvalue weighted by molar-refractivity contribution is -0.143. The van der Waals surface area contributed by atoms with Gasteiger partial charge in [0, 0.05) is 5.92 Å². The van der Waals surface area contributed by atoms with E-state index in [2.05, 4.69) is 24.3 Å². The first kappa shape index (κ1) is 18.9. The summed E-state index contributed by atoms with van der Waals surface area (Å²) in [6, 6.07) is 7.89. The van der Waals surface area contributed by atoms with E-state index in [1.165, 1.54) is 7.11 Å². The fraction of sp³-hybridized carbons (Fsp3) is 0.476. The molecule has 2 aliphatic rings. The Morgan fingerprint density at radius 1 is 1.08 bits per heavy atom. The lowest BCUT2D eigenvalue weighted by Crippen LogP contribution is -2.41. The van der Waals surface area contributed by atoms with Crippen LogP contribution in [0.1, 0.15) is 45.6 Å². The number of methoxy groups -OCH3 is 1. The van der Waals surface area contributed by atoms with Gasteiger partial charge in [-0.2, -0.15) is 0 Å². The molecule has 0 unspecified atom stereocenters. The molecule has 1 aliphatic carbocycles. The summed E-state index contributed by atoms with van der Waals surface area (Å²) in [6.45, 7) is 8.15. The van der Waals surface area contributed by atoms with Gasteiger partial charge in [-0.3, -0.25) is 4.79 Å². The smallest absolute Gasteiger partial charge is 0.469 e. The van der Waals surface area contributed by atoms with Crippen molar-refractivity contribution in [3.8, 4) is 0 Å². The van der Waals surface area contributed by atoms with Crippen molar-refractivity contribution >= 4 is 18.6 Å². The number of allylic oxidation sites excluding steroid dienone is 4. The van der Waals surface area contributed by atoms with E-state index >= 15 is 0 Å². The summed E-state index contributed by atoms with van der Waals surface area (Å²) in [7, 11) is 1.03. The van der Waals surface area contributed by atoms with Crippen molar-refractivity contribution in [1.82, 2.24) is 0 Å². The van der Waals surface area contributed by atoms with E-state index in [-0.39, 0.29) is 29.0 Å². The van der Waals surface area contributed by atoms with Crippen LogP contribution in [-0.4, -0.2) is 31.4 Å². The molecular formula is C21H27BO4. The molecule has 0 radical (unpaired) electrons. The van der Waals surface area contributed by atoms with Gasteiger partial charge >= 0.3 is 13.1 Å². The molecule has 1 aromatic carbocycles. The van der Waals surface area contributed by atoms with Crippen molar-refractivity contribution in [1.29, 1.82) is 0 Å². The second-order valence-electron chi connectivity index (χ2n) is 7.93. The molecule has 1 fully saturated rings. The SMILES string of the molecule is COC(=O)[C@@H](c1ccc(B2OC(C)(C)C(C)(C)O2)cc1)C1C=CCC=C1. The lowest BCUT2D eigenvalue weighted by Gasteiger charge is -2.32. The van der Waals surface area contributed by atoms with Crippen molar-refractivity contribution < 1.29 is 18.8 Å². The fourth-order valence-corrected chi connectivity index (χ4v) is 3.32. The largest absolute Gasteiger partial charge is 0.494 e. The molecular weight excluding hydrogens is 327 g/mol. The minimum Gasteiger partial charge on any atom is -0.469 e. The molecule has 1 heterocycles. The summed E-state index contributed by atoms with van der Waals surface area (Å²) < 4.78 is 17.2. The average molecular weight is 354 g/mol. The van der Waals surface area contributed by atoms with Gasteiger partial charge in [-0.05, 0) is 45.1 Å². The van der Waals surface area contributed by atoms with Crippen molar-refractivity contribution in [3.63, 3.8) is 0 Å². The van der Waals surface area contributed by atoms with E-state index in [0.717, 1.165) is 17.4 Å². The van der Waals surface area contributed by atoms with Crippen LogP contribution < -0.4 is 5.46 Å². The molecule has 5 heteroatoms. The third-order valence-corrected chi connectivity index (χ3v) is 5.65. The number of hydrogen-bond acceptors (Lipinski definition) is 4. The molecule has 0 spiro atoms. The maximum absolute atomic E-state index is 12.4. The topological polar surface area (TPSA) is 44.8 Å². The first-order chi connectivity index (χ1) is 12.2. The Morgan fingerprint density at radius 2 is 1.62 bits per heavy atom. The number of carbonyl (C=O) groups excluding carboxylic acids is 1. The molecule has 0 N–H and O–H groups in total. The summed E-state index contributed by atoms with van der Waals surface area (Å²) in [6.07, 6.45) is 9.22. The van der Waals surface area contributed by atoms with Crippen LogP contribution >= 0.6 is 0 Å². The van der Waals surface area contributed by atoms with Crippen LogP contribution in [0.5, 0.6) is 0 Å². The Balaban J connectivity index is 1.84. The molecule has 0 saturated carbocycles. The van der Waals surface area contributed by atoms with E-state index in [0.29, 0.717) is 0 Å². The second kappa shape index (κ2) is 7.05. The molecule has 138 valence electrons. The molecule has 0 amide bonds. The summed E-state index contributed by atoms with van der Waals surface area (Å²) in [5.41, 5.74) is 1.13. The summed E-state index contributed by atoms with van der Waals surface area (Å²) in [5, 5.41) is 0. The van der Waals surface area contributed by atoms with E-state index in [1.807, 2.05) is 52.0 Å². The monoisotopic (exact) mass is 354 g/mol. The van der Waals surface area contributed by atoms with Crippen LogP contribution in [-0.2, 0) is 18.8 Å². The molecule has 1 aromatic rings. The standard InChI is InChI=1S/C21H27BO4/c1-20(2)21(3,4)26-22(25-20)17-13-11-16(12-14-17)18(19(23)24-5)15-9-7-6-8-10-15/h7-15,18H,6H2,1-5H3/t18-/m1/s1. The van der Waals surface area contributed by atoms with Gasteiger partial charge in [-0.15, -0.1) is 0 Å². The normalized spacial score (nSPS) is 22.4. The Morgan fingerprint density at radius 3 is 2.12 bits per heavy atom. The minimum absolute atomic E-state index is 0.0129. The zero-order valence-corrected chi connectivity index (χ0v) is 16.2. The summed E-state index contributed by atoms with van der Waals surface area (Å²) >= 11 is 0. The van der Waals surface area contributed by atoms with E-state index < -0.39 is 7.12 Å². The average Bonchev–Trinajstić information content (AvgIpc) is 2.84. The Hall–Kier alpha value is -1.85. The third-order valence-electron chi connectivity index (χ3n) is 5.65. The van der Waals surface area contributed by atoms with E-state index in [9.17, 15) is 4.79 Å². The first-order valence-corrected chi connectivity index (χ1v) is 9.12. The van der Waals surface area contributed by atoms with Gasteiger partial charge < -0.3 is 14.0 Å². The van der Waals surface area contributed by atoms with Crippen molar-refractivity contribution in [2.75, 3.05) is 7.11 Å². The number of rotatable bonds is 4. The highest BCUT2D eigenvalue weighted by Gasteiger charge is 2.51. The van der Waals surface area contributed by atoms with Gasteiger partial charge in [-0.1, -0.05) is 48.6 Å². The van der Waals surface area contributed by atoms with Gasteiger partial charge in [0.15, 0.2) is 0 Å². The highest BCUT2D eigenvalue weighted by atomic mass is 16.7. The first-order valence-electron chi connectivity index (χ1n) is 9.12. The molecule has 0 bridgehead atoms. The van der Waals surface area contributed by atoms with Crippen molar-refractivity contribution in [3.05, 3.63) is 54.1 Å². The number of ether oxygens (including phenoxy) is 1. The zero-order valence-electron chi connectivity index (χ0n) is 16.2. The number of hydrogen-bond donors (Lipinski definition) is 0. The molecule has 0 aromatic heterocycles. The maximum Gasteiger partial charge on any atom is 0.494 e. The van der Waals surface area contributed by atoms with Crippen LogP contribution in [0.4, 0.5) is 0 Å². The predicted octanol–water partition coefficient (Wildman–Crippen LogP) is 3.37. The number of esters is 1. The molecule has 4 nitrogen and oxygen atoms in total. The van der Waals surface area contributed by atoms with Crippen LogP contribution in [0.2, 0.25) is 0 Å². The van der Waals surface area contributed by atoms with Gasteiger partial charge in [0.25, 0.3) is 0 Å². The maximum atomic E-state index is 12.4. The van der Waals surface area contributed by atoms with E-state index in [4.69, 9.17) is 14.0 Å². The van der Waals surface area contributed by atoms with Crippen LogP contribution in [0.25, 0.3) is 0 Å². The molecule has 1 aliphatic heterocycles. The van der Waals surface area contributed by atoms with Gasteiger partial charge in [-0.25, -0.2) is 0 Å². The highest BCUT2D eigenvalue weighted by Crippen LogP contribution is 2.36. The van der Waals surface area contributed by atoms with Crippen LogP contribution in [0.3, 0.4) is 0 Å². The van der Waals surface area contributed by atoms with Crippen molar-refractivity contribution in [2.24, 2.45) is 5.92 Å². The molecule has 26 heavy (non-hydrogen) atoms. The Kier molecular flexibility index (Phi) is 5.13. The van der Waals surface area contributed by atoms with Gasteiger partial charge in [0.05, 0.1) is 24.2 Å². The van der Waals surface area contributed by atoms with Crippen LogP contribution in [0, 0.1) is 5.92 Å². The van der Waals surface area contributed by atoms with Gasteiger partial charge in [0.1, 0.15) is 0 Å². The fourth-order valence-electron chi connectivity index (χ4n) is 3.32. The molecule has 1 saturated heterocycles. The molecule has 3 rings (SSSR count). The lowest BCUT2D eigenvalue weighted by atomic mass is 9.77. The highest BCUT2D eigenvalue weighted by molar-refractivity contribution is 6.62. The predicted molar refractivity (Wildman–Crippen MR) is 103 cm³/mol. The molecule has 1 atom stereocenters. The Labute approximate surface area is 156 Å². The number of benzene rings is 1. The van der Waals surface area contributed by atoms with Crippen LogP contribution in [0.15, 0.2) is 48.6 Å². The third kappa shape index (κ3) is 3.51. The van der Waals surface area contributed by atoms with Gasteiger partial charge in [0.2, 0.25) is 0 Å². The zero-order chi connectivity index (χ0) is 18.9. The van der Waals surface area contributed by atoms with Crippen molar-refractivity contribution in [2.45, 2.75) is 51.2 Å². The van der Waals surface area contributed by atoms with E-state index in [1.54, 1.807) is 0 Å². The summed E-state index contributed by atoms with van der Waals surface area (Å²) in [4.78, 5) is 12.4. The summed E-state index contributed by atoms with van der Waals surface area (Å²) in [5.74, 6) is -0.561. The second-order valence-corrected chi connectivity index (χ2v) is 7.93.